The van der Waals surface area contributed by atoms with Gasteiger partial charge >= 0.3 is 0 Å². The van der Waals surface area contributed by atoms with Crippen LogP contribution in [0.4, 0.5) is 0 Å². The lowest BCUT2D eigenvalue weighted by atomic mass is 9.85. The second-order valence-electron chi connectivity index (χ2n) is 5.59. The predicted molar refractivity (Wildman–Crippen MR) is 101 cm³/mol. The molecule has 0 bridgehead atoms. The van der Waals surface area contributed by atoms with Crippen LogP contribution < -0.4 is 5.43 Å². The Balaban J connectivity index is 1.89. The summed E-state index contributed by atoms with van der Waals surface area (Å²) < 4.78 is 0. The first-order valence-electron chi connectivity index (χ1n) is 7.84. The lowest BCUT2D eigenvalue weighted by Gasteiger charge is -2.26. The van der Waals surface area contributed by atoms with E-state index >= 15 is 0 Å². The van der Waals surface area contributed by atoms with E-state index in [1.807, 2.05) is 31.2 Å². The molecule has 2 aromatic carbocycles. The van der Waals surface area contributed by atoms with Crippen molar-refractivity contribution >= 4 is 23.5 Å². The molecule has 0 saturated carbocycles. The highest BCUT2D eigenvalue weighted by molar-refractivity contribution is 7.13. The molecule has 0 saturated heterocycles. The molecule has 0 radical (unpaired) electrons. The van der Waals surface area contributed by atoms with Crippen molar-refractivity contribution in [3.8, 4) is 0 Å². The van der Waals surface area contributed by atoms with Crippen molar-refractivity contribution in [2.24, 2.45) is 5.10 Å². The summed E-state index contributed by atoms with van der Waals surface area (Å²) in [6, 6.07) is 21.6. The molecule has 126 valence electrons. The highest BCUT2D eigenvalue weighted by atomic mass is 32.1. The van der Waals surface area contributed by atoms with E-state index < -0.39 is 11.5 Å². The van der Waals surface area contributed by atoms with Crippen LogP contribution in [0, 0.1) is 6.92 Å². The van der Waals surface area contributed by atoms with E-state index in [1.54, 1.807) is 66.1 Å². The molecule has 3 aromatic rings. The van der Waals surface area contributed by atoms with Crippen LogP contribution in [-0.4, -0.2) is 17.2 Å². The summed E-state index contributed by atoms with van der Waals surface area (Å²) in [5.74, 6) is -0.602. The van der Waals surface area contributed by atoms with Gasteiger partial charge in [-0.3, -0.25) is 4.79 Å². The number of hydrogen-bond donors (Lipinski definition) is 2. The molecule has 4 nitrogen and oxygen atoms in total. The molecule has 0 aliphatic carbocycles. The molecule has 0 aliphatic heterocycles. The zero-order chi connectivity index (χ0) is 17.7. The summed E-state index contributed by atoms with van der Waals surface area (Å²) in [5.41, 5.74) is 1.62. The van der Waals surface area contributed by atoms with Crippen LogP contribution in [0.5, 0.6) is 0 Å². The fourth-order valence-corrected chi connectivity index (χ4v) is 3.30. The molecule has 1 aromatic heterocycles. The van der Waals surface area contributed by atoms with Crippen molar-refractivity contribution in [3.05, 3.63) is 93.7 Å². The number of aryl methyl sites for hydroxylation is 1. The molecule has 0 fully saturated rings. The maximum absolute atomic E-state index is 12.8. The Morgan fingerprint density at radius 2 is 1.56 bits per heavy atom. The number of hydrogen-bond acceptors (Lipinski definition) is 4. The van der Waals surface area contributed by atoms with Gasteiger partial charge in [-0.05, 0) is 30.2 Å². The topological polar surface area (TPSA) is 61.7 Å². The van der Waals surface area contributed by atoms with Crippen molar-refractivity contribution in [1.29, 1.82) is 0 Å². The predicted octanol–water partition coefficient (Wildman–Crippen LogP) is 3.44. The van der Waals surface area contributed by atoms with Crippen LogP contribution in [0.25, 0.3) is 0 Å². The van der Waals surface area contributed by atoms with Gasteiger partial charge in [0.05, 0.1) is 6.21 Å². The highest BCUT2D eigenvalue weighted by Gasteiger charge is 2.39. The van der Waals surface area contributed by atoms with E-state index in [-0.39, 0.29) is 0 Å². The number of hydrazone groups is 1. The molecular formula is C20H18N2O2S. The van der Waals surface area contributed by atoms with Crippen LogP contribution in [0.15, 0.2) is 77.9 Å². The Kier molecular flexibility index (Phi) is 5.07. The lowest BCUT2D eigenvalue weighted by Crippen LogP contribution is -2.43. The summed E-state index contributed by atoms with van der Waals surface area (Å²) in [4.78, 5) is 14.9. The Bertz CT molecular complexity index is 833. The van der Waals surface area contributed by atoms with Crippen molar-refractivity contribution in [1.82, 2.24) is 5.43 Å². The first-order chi connectivity index (χ1) is 12.1. The summed E-state index contributed by atoms with van der Waals surface area (Å²) in [6.07, 6.45) is 1.58. The van der Waals surface area contributed by atoms with Gasteiger partial charge in [0.2, 0.25) is 0 Å². The lowest BCUT2D eigenvalue weighted by molar-refractivity contribution is -0.136. The third kappa shape index (κ3) is 3.68. The third-order valence-electron chi connectivity index (χ3n) is 3.83. The number of nitrogens with zero attached hydrogens (tertiary/aromatic N) is 1. The summed E-state index contributed by atoms with van der Waals surface area (Å²) in [5, 5.41) is 15.2. The Labute approximate surface area is 150 Å². The number of benzene rings is 2. The van der Waals surface area contributed by atoms with E-state index in [0.29, 0.717) is 11.1 Å². The average Bonchev–Trinajstić information content (AvgIpc) is 3.07. The molecule has 1 amide bonds. The van der Waals surface area contributed by atoms with Gasteiger partial charge in [-0.25, -0.2) is 5.43 Å². The average molecular weight is 350 g/mol. The first kappa shape index (κ1) is 17.1. The maximum Gasteiger partial charge on any atom is 0.281 e. The van der Waals surface area contributed by atoms with Gasteiger partial charge in [0.1, 0.15) is 0 Å². The Morgan fingerprint density at radius 1 is 1.00 bits per heavy atom. The standard InChI is InChI=1S/C20H18N2O2S/c1-15-12-13-18(25-15)14-21-22-19(23)20(24,16-8-4-2-5-9-16)17-10-6-3-7-11-17/h2-14,24H,1H3,(H,22,23)/b21-14-. The second-order valence-corrected chi connectivity index (χ2v) is 6.91. The van der Waals surface area contributed by atoms with E-state index in [2.05, 4.69) is 10.5 Å². The molecule has 0 unspecified atom stereocenters. The molecule has 1 heterocycles. The van der Waals surface area contributed by atoms with Crippen molar-refractivity contribution in [2.45, 2.75) is 12.5 Å². The fourth-order valence-electron chi connectivity index (χ4n) is 2.55. The summed E-state index contributed by atoms with van der Waals surface area (Å²) >= 11 is 1.58. The quantitative estimate of drug-likeness (QED) is 0.547. The zero-order valence-corrected chi connectivity index (χ0v) is 14.5. The van der Waals surface area contributed by atoms with E-state index in [1.165, 1.54) is 0 Å². The van der Waals surface area contributed by atoms with Crippen LogP contribution in [0.2, 0.25) is 0 Å². The monoisotopic (exact) mass is 350 g/mol. The number of carbonyl (C=O) groups is 1. The van der Waals surface area contributed by atoms with Crippen molar-refractivity contribution in [2.75, 3.05) is 0 Å². The van der Waals surface area contributed by atoms with Crippen molar-refractivity contribution in [3.63, 3.8) is 0 Å². The van der Waals surface area contributed by atoms with Gasteiger partial charge < -0.3 is 5.11 Å². The smallest absolute Gasteiger partial charge is 0.281 e. The van der Waals surface area contributed by atoms with E-state index in [9.17, 15) is 9.90 Å². The van der Waals surface area contributed by atoms with Gasteiger partial charge in [0, 0.05) is 9.75 Å². The van der Waals surface area contributed by atoms with Crippen LogP contribution in [0.3, 0.4) is 0 Å². The maximum atomic E-state index is 12.8. The largest absolute Gasteiger partial charge is 0.372 e. The van der Waals surface area contributed by atoms with Crippen LogP contribution in [0.1, 0.15) is 20.9 Å². The van der Waals surface area contributed by atoms with E-state index in [0.717, 1.165) is 9.75 Å². The summed E-state index contributed by atoms with van der Waals surface area (Å²) in [7, 11) is 0. The molecule has 25 heavy (non-hydrogen) atoms. The molecule has 5 heteroatoms. The molecule has 3 rings (SSSR count). The van der Waals surface area contributed by atoms with Gasteiger partial charge in [0.15, 0.2) is 5.60 Å². The number of thiophene rings is 1. The number of amides is 1. The van der Waals surface area contributed by atoms with Crippen molar-refractivity contribution < 1.29 is 9.90 Å². The molecule has 0 spiro atoms. The molecule has 0 atom stereocenters. The number of aliphatic hydroxyl groups is 1. The highest BCUT2D eigenvalue weighted by Crippen LogP contribution is 2.29. The Morgan fingerprint density at radius 3 is 2.04 bits per heavy atom. The zero-order valence-electron chi connectivity index (χ0n) is 13.7. The fraction of sp³-hybridized carbons (Fsp3) is 0.100. The number of rotatable bonds is 5. The number of carbonyl (C=O) groups excluding carboxylic acids is 1. The minimum absolute atomic E-state index is 0.487. The van der Waals surface area contributed by atoms with Gasteiger partial charge in [-0.2, -0.15) is 5.10 Å². The van der Waals surface area contributed by atoms with Gasteiger partial charge in [-0.15, -0.1) is 11.3 Å². The third-order valence-corrected chi connectivity index (χ3v) is 4.77. The second kappa shape index (κ2) is 7.42. The van der Waals surface area contributed by atoms with Crippen LogP contribution >= 0.6 is 11.3 Å². The first-order valence-corrected chi connectivity index (χ1v) is 8.66. The molecular weight excluding hydrogens is 332 g/mol. The van der Waals surface area contributed by atoms with Crippen LogP contribution in [-0.2, 0) is 10.4 Å². The SMILES string of the molecule is Cc1ccc(/C=N\NC(=O)C(O)(c2ccccc2)c2ccccc2)s1. The minimum atomic E-state index is -1.81. The minimum Gasteiger partial charge on any atom is -0.372 e. The summed E-state index contributed by atoms with van der Waals surface area (Å²) in [6.45, 7) is 2.00. The van der Waals surface area contributed by atoms with Gasteiger partial charge in [-0.1, -0.05) is 60.7 Å². The normalized spacial score (nSPS) is 11.6. The molecule has 2 N–H and O–H groups in total. The number of nitrogens with one attached hydrogen (secondary N) is 1. The molecule has 0 aliphatic rings. The Hall–Kier alpha value is -2.76. The van der Waals surface area contributed by atoms with Gasteiger partial charge in [0.25, 0.3) is 5.91 Å². The van der Waals surface area contributed by atoms with E-state index in [4.69, 9.17) is 0 Å².